The highest BCUT2D eigenvalue weighted by Crippen LogP contribution is 2.15. The summed E-state index contributed by atoms with van der Waals surface area (Å²) in [4.78, 5) is 35.7. The molecule has 120 valence electrons. The van der Waals surface area contributed by atoms with Crippen molar-refractivity contribution in [1.82, 2.24) is 4.90 Å². The Labute approximate surface area is 128 Å². The molecule has 0 fully saturated rings. The van der Waals surface area contributed by atoms with Crippen LogP contribution in [0.3, 0.4) is 0 Å². The molecule has 1 atom stereocenters. The fourth-order valence-corrected chi connectivity index (χ4v) is 1.88. The highest BCUT2D eigenvalue weighted by Gasteiger charge is 2.39. The third kappa shape index (κ3) is 4.47. The molecule has 1 unspecified atom stereocenters. The first kappa shape index (κ1) is 17.5. The van der Waals surface area contributed by atoms with Crippen LogP contribution in [0.2, 0.25) is 0 Å². The molecule has 1 aromatic rings. The van der Waals surface area contributed by atoms with E-state index in [0.29, 0.717) is 4.90 Å². The molecule has 0 aromatic heterocycles. The predicted molar refractivity (Wildman–Crippen MR) is 77.1 cm³/mol. The Kier molecular flexibility index (Phi) is 6.37. The van der Waals surface area contributed by atoms with Crippen LogP contribution in [-0.4, -0.2) is 41.3 Å². The molecule has 2 amide bonds. The number of methoxy groups -OCH3 is 1. The Bertz CT molecular complexity index is 528. The average molecular weight is 309 g/mol. The van der Waals surface area contributed by atoms with E-state index in [0.717, 1.165) is 12.7 Å². The molecule has 0 saturated heterocycles. The third-order valence-electron chi connectivity index (χ3n) is 2.94. The molecule has 0 bridgehead atoms. The Morgan fingerprint density at radius 3 is 2.18 bits per heavy atom. The van der Waals surface area contributed by atoms with E-state index in [1.54, 1.807) is 38.1 Å². The monoisotopic (exact) mass is 309 g/mol. The van der Waals surface area contributed by atoms with Crippen LogP contribution in [0.5, 0.6) is 0 Å². The number of aliphatic carboxylic acids is 1. The van der Waals surface area contributed by atoms with E-state index >= 15 is 0 Å². The van der Waals surface area contributed by atoms with Crippen molar-refractivity contribution in [3.63, 3.8) is 0 Å². The number of ether oxygens (including phenoxy) is 2. The smallest absolute Gasteiger partial charge is 0.420 e. The minimum atomic E-state index is -1.37. The highest BCUT2D eigenvalue weighted by molar-refractivity contribution is 5.93. The van der Waals surface area contributed by atoms with Gasteiger partial charge in [-0.3, -0.25) is 0 Å². The third-order valence-corrected chi connectivity index (χ3v) is 2.94. The van der Waals surface area contributed by atoms with Crippen LogP contribution in [-0.2, 0) is 20.9 Å². The summed E-state index contributed by atoms with van der Waals surface area (Å²) in [5, 5.41) is 9.24. The Balaban J connectivity index is 2.89. The maximum atomic E-state index is 12.1. The molecule has 1 N–H and O–H groups in total. The standard InChI is InChI=1S/C15H19NO6/c1-10(2)12(13(17)18)16(14(19)21-3)15(20)22-9-11-7-5-4-6-8-11/h4-8,10,12H,9H2,1-3H3,(H,17,18). The number of imide groups is 1. The van der Waals surface area contributed by atoms with Crippen molar-refractivity contribution < 1.29 is 29.0 Å². The van der Waals surface area contributed by atoms with Gasteiger partial charge in [0, 0.05) is 0 Å². The first-order valence-corrected chi connectivity index (χ1v) is 6.69. The molecule has 0 saturated carbocycles. The van der Waals surface area contributed by atoms with Gasteiger partial charge in [0.1, 0.15) is 12.6 Å². The van der Waals surface area contributed by atoms with Crippen LogP contribution in [0.15, 0.2) is 30.3 Å². The van der Waals surface area contributed by atoms with E-state index in [9.17, 15) is 19.5 Å². The number of benzene rings is 1. The van der Waals surface area contributed by atoms with Crippen molar-refractivity contribution in [3.8, 4) is 0 Å². The van der Waals surface area contributed by atoms with Crippen LogP contribution in [0, 0.1) is 5.92 Å². The van der Waals surface area contributed by atoms with Crippen LogP contribution >= 0.6 is 0 Å². The largest absolute Gasteiger partial charge is 0.480 e. The maximum absolute atomic E-state index is 12.1. The Morgan fingerprint density at radius 2 is 1.73 bits per heavy atom. The summed E-state index contributed by atoms with van der Waals surface area (Å²) in [5.41, 5.74) is 0.720. The van der Waals surface area contributed by atoms with E-state index in [1.807, 2.05) is 6.07 Å². The molecule has 22 heavy (non-hydrogen) atoms. The number of carboxylic acid groups (broad SMARTS) is 1. The SMILES string of the molecule is COC(=O)N(C(=O)OCc1ccccc1)C(C(=O)O)C(C)C. The Hall–Kier alpha value is -2.57. The summed E-state index contributed by atoms with van der Waals surface area (Å²) >= 11 is 0. The topological polar surface area (TPSA) is 93.1 Å². The van der Waals surface area contributed by atoms with Crippen LogP contribution < -0.4 is 0 Å². The van der Waals surface area contributed by atoms with E-state index in [-0.39, 0.29) is 6.61 Å². The molecule has 7 nitrogen and oxygen atoms in total. The normalized spacial score (nSPS) is 11.6. The second-order valence-electron chi connectivity index (χ2n) is 4.91. The summed E-state index contributed by atoms with van der Waals surface area (Å²) in [6, 6.07) is 7.48. The molecule has 0 aliphatic carbocycles. The van der Waals surface area contributed by atoms with E-state index < -0.39 is 30.1 Å². The lowest BCUT2D eigenvalue weighted by Crippen LogP contribution is -2.51. The molecule has 0 aliphatic rings. The zero-order chi connectivity index (χ0) is 16.7. The molecule has 0 spiro atoms. The number of carbonyl (C=O) groups is 3. The zero-order valence-electron chi connectivity index (χ0n) is 12.7. The fourth-order valence-electron chi connectivity index (χ4n) is 1.88. The van der Waals surface area contributed by atoms with Gasteiger partial charge in [0.05, 0.1) is 7.11 Å². The summed E-state index contributed by atoms with van der Waals surface area (Å²) < 4.78 is 9.51. The van der Waals surface area contributed by atoms with Crippen molar-refractivity contribution in [3.05, 3.63) is 35.9 Å². The lowest BCUT2D eigenvalue weighted by atomic mass is 10.0. The highest BCUT2D eigenvalue weighted by atomic mass is 16.6. The summed E-state index contributed by atoms with van der Waals surface area (Å²) in [6.07, 6.45) is -2.13. The number of hydrogen-bond donors (Lipinski definition) is 1. The minimum absolute atomic E-state index is 0.0718. The van der Waals surface area contributed by atoms with Gasteiger partial charge in [0.25, 0.3) is 0 Å². The van der Waals surface area contributed by atoms with Gasteiger partial charge < -0.3 is 14.6 Å². The van der Waals surface area contributed by atoms with E-state index in [4.69, 9.17) is 4.74 Å². The second kappa shape index (κ2) is 8.02. The van der Waals surface area contributed by atoms with Crippen molar-refractivity contribution in [1.29, 1.82) is 0 Å². The van der Waals surface area contributed by atoms with E-state index in [2.05, 4.69) is 4.74 Å². The van der Waals surface area contributed by atoms with Gasteiger partial charge in [-0.2, -0.15) is 4.90 Å². The van der Waals surface area contributed by atoms with E-state index in [1.165, 1.54) is 0 Å². The van der Waals surface area contributed by atoms with Gasteiger partial charge in [0.2, 0.25) is 0 Å². The van der Waals surface area contributed by atoms with Crippen LogP contribution in [0.25, 0.3) is 0 Å². The van der Waals surface area contributed by atoms with Crippen molar-refractivity contribution in [2.75, 3.05) is 7.11 Å². The summed E-state index contributed by atoms with van der Waals surface area (Å²) in [5.74, 6) is -1.81. The Morgan fingerprint density at radius 1 is 1.14 bits per heavy atom. The number of hydrogen-bond acceptors (Lipinski definition) is 5. The minimum Gasteiger partial charge on any atom is -0.480 e. The number of carboxylic acids is 1. The molecule has 0 heterocycles. The van der Waals surface area contributed by atoms with Crippen molar-refractivity contribution in [2.24, 2.45) is 5.92 Å². The van der Waals surface area contributed by atoms with Gasteiger partial charge in [-0.15, -0.1) is 0 Å². The summed E-state index contributed by atoms with van der Waals surface area (Å²) in [6.45, 7) is 3.09. The molecule has 7 heteroatoms. The number of carbonyl (C=O) groups excluding carboxylic acids is 2. The first-order chi connectivity index (χ1) is 10.4. The molecule has 0 radical (unpaired) electrons. The second-order valence-corrected chi connectivity index (χ2v) is 4.91. The summed E-state index contributed by atoms with van der Waals surface area (Å²) in [7, 11) is 1.07. The molecule has 0 aliphatic heterocycles. The maximum Gasteiger partial charge on any atom is 0.420 e. The molecule has 1 rings (SSSR count). The average Bonchev–Trinajstić information content (AvgIpc) is 2.49. The van der Waals surface area contributed by atoms with Gasteiger partial charge in [0.15, 0.2) is 0 Å². The molecular formula is C15H19NO6. The number of rotatable bonds is 5. The number of amides is 2. The lowest BCUT2D eigenvalue weighted by molar-refractivity contribution is -0.143. The molecular weight excluding hydrogens is 290 g/mol. The predicted octanol–water partition coefficient (Wildman–Crippen LogP) is 2.50. The quantitative estimate of drug-likeness (QED) is 0.898. The number of nitrogens with zero attached hydrogens (tertiary/aromatic N) is 1. The fraction of sp³-hybridized carbons (Fsp3) is 0.400. The van der Waals surface area contributed by atoms with Crippen LogP contribution in [0.4, 0.5) is 9.59 Å². The van der Waals surface area contributed by atoms with Gasteiger partial charge >= 0.3 is 18.2 Å². The van der Waals surface area contributed by atoms with Gasteiger partial charge in [-0.1, -0.05) is 44.2 Å². The van der Waals surface area contributed by atoms with Gasteiger partial charge in [-0.25, -0.2) is 14.4 Å². The zero-order valence-corrected chi connectivity index (χ0v) is 12.7. The lowest BCUT2D eigenvalue weighted by Gasteiger charge is -2.27. The van der Waals surface area contributed by atoms with Crippen molar-refractivity contribution in [2.45, 2.75) is 26.5 Å². The van der Waals surface area contributed by atoms with Gasteiger partial charge in [-0.05, 0) is 11.5 Å². The van der Waals surface area contributed by atoms with Crippen molar-refractivity contribution >= 4 is 18.2 Å². The first-order valence-electron chi connectivity index (χ1n) is 6.69. The molecule has 1 aromatic carbocycles. The van der Waals surface area contributed by atoms with Crippen LogP contribution in [0.1, 0.15) is 19.4 Å².